The summed E-state index contributed by atoms with van der Waals surface area (Å²) in [6.07, 6.45) is 1.19. The number of hydrogen-bond acceptors (Lipinski definition) is 6. The Hall–Kier alpha value is -4.64. The van der Waals surface area contributed by atoms with Gasteiger partial charge < -0.3 is 20.9 Å². The SMILES string of the molecule is CN(C)CCN(c1ccc(N/C(=C2\C(=O)Nc3ccc(C(=O)NCc4cccc(Cl)c4)cc32)c2ccccc2)cc1)S(C)(=O)=O. The maximum atomic E-state index is 13.4. The lowest BCUT2D eigenvalue weighted by atomic mass is 9.98. The standard InChI is InChI=1S/C34H34ClN5O4S/c1-39(2)18-19-40(45(3,43)44)28-15-13-27(14-16-28)37-32(24-9-5-4-6-10-24)31-29-21-25(12-17-30(29)38-34(31)42)33(41)36-22-23-8-7-11-26(35)20-23/h4-17,20-21,37H,18-19,22H2,1-3H3,(H,36,41)(H,38,42)/b32-31-. The number of carbonyl (C=O) groups is 2. The molecule has 4 aromatic carbocycles. The molecule has 11 heteroatoms. The lowest BCUT2D eigenvalue weighted by molar-refractivity contribution is -0.110. The fraction of sp³-hybridized carbons (Fsp3) is 0.176. The van der Waals surface area contributed by atoms with E-state index in [1.807, 2.05) is 61.5 Å². The highest BCUT2D eigenvalue weighted by Crippen LogP contribution is 2.38. The van der Waals surface area contributed by atoms with Gasteiger partial charge in [0.2, 0.25) is 10.0 Å². The molecule has 0 radical (unpaired) electrons. The van der Waals surface area contributed by atoms with Crippen molar-refractivity contribution in [2.75, 3.05) is 48.4 Å². The number of nitrogens with one attached hydrogen (secondary N) is 3. The molecule has 0 aliphatic carbocycles. The molecule has 232 valence electrons. The normalized spacial score (nSPS) is 13.7. The molecule has 1 aliphatic rings. The van der Waals surface area contributed by atoms with E-state index in [-0.39, 0.29) is 11.8 Å². The van der Waals surface area contributed by atoms with Crippen LogP contribution in [-0.4, -0.2) is 58.6 Å². The smallest absolute Gasteiger partial charge is 0.258 e. The van der Waals surface area contributed by atoms with Crippen LogP contribution in [0.4, 0.5) is 17.1 Å². The molecule has 0 saturated heterocycles. The summed E-state index contributed by atoms with van der Waals surface area (Å²) < 4.78 is 26.4. The molecule has 2 amide bonds. The van der Waals surface area contributed by atoms with Gasteiger partial charge in [0.1, 0.15) is 0 Å². The summed E-state index contributed by atoms with van der Waals surface area (Å²) in [5.74, 6) is -0.595. The third kappa shape index (κ3) is 7.72. The Morgan fingerprint density at radius 2 is 1.60 bits per heavy atom. The van der Waals surface area contributed by atoms with Crippen LogP contribution in [0.2, 0.25) is 5.02 Å². The zero-order chi connectivity index (χ0) is 32.1. The molecular formula is C34H34ClN5O4S. The molecule has 0 bridgehead atoms. The first-order valence-corrected chi connectivity index (χ1v) is 16.5. The molecule has 0 spiro atoms. The van der Waals surface area contributed by atoms with Gasteiger partial charge in [-0.2, -0.15) is 0 Å². The van der Waals surface area contributed by atoms with Crippen LogP contribution in [0.3, 0.4) is 0 Å². The third-order valence-electron chi connectivity index (χ3n) is 7.26. The predicted molar refractivity (Wildman–Crippen MR) is 182 cm³/mol. The van der Waals surface area contributed by atoms with Gasteiger partial charge in [-0.05, 0) is 79.8 Å². The van der Waals surface area contributed by atoms with Crippen LogP contribution in [0.1, 0.15) is 27.0 Å². The second-order valence-corrected chi connectivity index (χ2v) is 13.3. The average Bonchev–Trinajstić information content (AvgIpc) is 3.33. The van der Waals surface area contributed by atoms with Crippen LogP contribution in [0.25, 0.3) is 11.3 Å². The van der Waals surface area contributed by atoms with Gasteiger partial charge in [-0.15, -0.1) is 0 Å². The van der Waals surface area contributed by atoms with Crippen LogP contribution in [0.5, 0.6) is 0 Å². The average molecular weight is 644 g/mol. The number of halogens is 1. The molecule has 45 heavy (non-hydrogen) atoms. The van der Waals surface area contributed by atoms with Crippen molar-refractivity contribution in [2.24, 2.45) is 0 Å². The first kappa shape index (κ1) is 31.8. The maximum absolute atomic E-state index is 13.4. The van der Waals surface area contributed by atoms with Gasteiger partial charge >= 0.3 is 0 Å². The van der Waals surface area contributed by atoms with Crippen molar-refractivity contribution in [3.05, 3.63) is 124 Å². The monoisotopic (exact) mass is 643 g/mol. The van der Waals surface area contributed by atoms with Crippen molar-refractivity contribution in [3.8, 4) is 0 Å². The second kappa shape index (κ2) is 13.6. The summed E-state index contributed by atoms with van der Waals surface area (Å²) in [5.41, 5.74) is 5.34. The number of likely N-dealkylation sites (N-methyl/N-ethyl adjacent to an activating group) is 1. The first-order chi connectivity index (χ1) is 21.5. The number of benzene rings is 4. The highest BCUT2D eigenvalue weighted by Gasteiger charge is 2.29. The Kier molecular flexibility index (Phi) is 9.57. The maximum Gasteiger partial charge on any atom is 0.258 e. The third-order valence-corrected chi connectivity index (χ3v) is 8.69. The van der Waals surface area contributed by atoms with Crippen LogP contribution >= 0.6 is 11.6 Å². The van der Waals surface area contributed by atoms with Crippen LogP contribution in [0, 0.1) is 0 Å². The van der Waals surface area contributed by atoms with Crippen molar-refractivity contribution in [2.45, 2.75) is 6.54 Å². The number of nitrogens with zero attached hydrogens (tertiary/aromatic N) is 2. The van der Waals surface area contributed by atoms with Crippen LogP contribution < -0.4 is 20.3 Å². The number of carbonyl (C=O) groups excluding carboxylic acids is 2. The van der Waals surface area contributed by atoms with E-state index in [9.17, 15) is 18.0 Å². The van der Waals surface area contributed by atoms with Gasteiger partial charge in [-0.3, -0.25) is 13.9 Å². The van der Waals surface area contributed by atoms with E-state index < -0.39 is 10.0 Å². The Bertz CT molecular complexity index is 1860. The summed E-state index contributed by atoms with van der Waals surface area (Å²) in [7, 11) is 0.283. The minimum absolute atomic E-state index is 0.286. The number of sulfonamides is 1. The molecule has 9 nitrogen and oxygen atoms in total. The van der Waals surface area contributed by atoms with Gasteiger partial charge in [-0.1, -0.05) is 54.1 Å². The van der Waals surface area contributed by atoms with Crippen molar-refractivity contribution >= 4 is 61.8 Å². The number of hydrogen-bond donors (Lipinski definition) is 3. The van der Waals surface area contributed by atoms with Crippen molar-refractivity contribution < 1.29 is 18.0 Å². The molecular weight excluding hydrogens is 610 g/mol. The number of amides is 2. The molecule has 0 atom stereocenters. The zero-order valence-electron chi connectivity index (χ0n) is 25.2. The van der Waals surface area contributed by atoms with Crippen LogP contribution in [-0.2, 0) is 21.4 Å². The van der Waals surface area contributed by atoms with Gasteiger partial charge in [0.25, 0.3) is 11.8 Å². The Morgan fingerprint density at radius 3 is 2.27 bits per heavy atom. The van der Waals surface area contributed by atoms with Gasteiger partial charge in [0.05, 0.1) is 23.2 Å². The highest BCUT2D eigenvalue weighted by atomic mass is 35.5. The molecule has 0 aromatic heterocycles. The molecule has 1 heterocycles. The Morgan fingerprint density at radius 1 is 0.867 bits per heavy atom. The van der Waals surface area contributed by atoms with E-state index in [0.717, 1.165) is 11.1 Å². The molecule has 5 rings (SSSR count). The summed E-state index contributed by atoms with van der Waals surface area (Å²) in [5, 5.41) is 9.82. The van der Waals surface area contributed by atoms with Crippen molar-refractivity contribution in [1.82, 2.24) is 10.2 Å². The summed E-state index contributed by atoms with van der Waals surface area (Å²) >= 11 is 6.08. The van der Waals surface area contributed by atoms with E-state index in [1.165, 1.54) is 10.6 Å². The fourth-order valence-electron chi connectivity index (χ4n) is 5.00. The summed E-state index contributed by atoms with van der Waals surface area (Å²) in [4.78, 5) is 28.5. The lowest BCUT2D eigenvalue weighted by Crippen LogP contribution is -2.35. The van der Waals surface area contributed by atoms with Gasteiger partial charge in [-0.25, -0.2) is 8.42 Å². The topological polar surface area (TPSA) is 111 Å². The van der Waals surface area contributed by atoms with Crippen molar-refractivity contribution in [1.29, 1.82) is 0 Å². The molecule has 0 fully saturated rings. The van der Waals surface area contributed by atoms with Gasteiger partial charge in [0.15, 0.2) is 0 Å². The van der Waals surface area contributed by atoms with E-state index in [0.29, 0.717) is 64.1 Å². The molecule has 3 N–H and O–H groups in total. The van der Waals surface area contributed by atoms with E-state index >= 15 is 0 Å². The first-order valence-electron chi connectivity index (χ1n) is 14.3. The van der Waals surface area contributed by atoms with E-state index in [4.69, 9.17) is 11.6 Å². The van der Waals surface area contributed by atoms with Crippen LogP contribution in [0.15, 0.2) is 97.1 Å². The molecule has 1 aliphatic heterocycles. The number of fused-ring (bicyclic) bond motifs is 1. The number of anilines is 3. The minimum atomic E-state index is -3.49. The largest absolute Gasteiger partial charge is 0.354 e. The molecule has 0 saturated carbocycles. The quantitative estimate of drug-likeness (QED) is 0.185. The summed E-state index contributed by atoms with van der Waals surface area (Å²) in [6, 6.07) is 28.8. The van der Waals surface area contributed by atoms with E-state index in [2.05, 4.69) is 16.0 Å². The number of rotatable bonds is 11. The Balaban J connectivity index is 1.47. The minimum Gasteiger partial charge on any atom is -0.354 e. The highest BCUT2D eigenvalue weighted by molar-refractivity contribution is 7.92. The second-order valence-electron chi connectivity index (χ2n) is 11.0. The van der Waals surface area contributed by atoms with Crippen molar-refractivity contribution in [3.63, 3.8) is 0 Å². The predicted octanol–water partition coefficient (Wildman–Crippen LogP) is 5.53. The molecule has 0 unspecified atom stereocenters. The molecule has 4 aromatic rings. The van der Waals surface area contributed by atoms with Gasteiger partial charge in [0, 0.05) is 47.2 Å². The van der Waals surface area contributed by atoms with E-state index in [1.54, 1.807) is 54.6 Å². The zero-order valence-corrected chi connectivity index (χ0v) is 26.7. The summed E-state index contributed by atoms with van der Waals surface area (Å²) in [6.45, 7) is 1.17. The Labute approximate surface area is 268 Å². The fourth-order valence-corrected chi connectivity index (χ4v) is 6.14. The lowest BCUT2D eigenvalue weighted by Gasteiger charge is -2.24.